The van der Waals surface area contributed by atoms with E-state index in [0.29, 0.717) is 0 Å². The second kappa shape index (κ2) is 3.32. The van der Waals surface area contributed by atoms with Gasteiger partial charge < -0.3 is 0 Å². The fourth-order valence-electron chi connectivity index (χ4n) is 0.910. The Morgan fingerprint density at radius 3 is 2.64 bits per heavy atom. The molecule has 2 rings (SSSR count). The van der Waals surface area contributed by atoms with Gasteiger partial charge >= 0.3 is 0 Å². The molecule has 0 aromatic heterocycles. The molecule has 1 aliphatic rings. The van der Waals surface area contributed by atoms with Crippen LogP contribution in [0.25, 0.3) is 0 Å². The summed E-state index contributed by atoms with van der Waals surface area (Å²) in [5.41, 5.74) is 1.24. The molecule has 0 fully saturated rings. The maximum atomic E-state index is 4.30. The fourth-order valence-corrected chi connectivity index (χ4v) is 2.67. The number of benzene rings is 1. The van der Waals surface area contributed by atoms with Crippen LogP contribution in [0.3, 0.4) is 0 Å². The van der Waals surface area contributed by atoms with Crippen molar-refractivity contribution in [2.24, 2.45) is 4.40 Å². The van der Waals surface area contributed by atoms with E-state index in [0.717, 1.165) is 10.1 Å². The summed E-state index contributed by atoms with van der Waals surface area (Å²) in [6.07, 6.45) is 0. The van der Waals surface area contributed by atoms with Gasteiger partial charge in [-0.1, -0.05) is 42.1 Å². The van der Waals surface area contributed by atoms with E-state index >= 15 is 0 Å². The Hall–Kier alpha value is -0.410. The summed E-state index contributed by atoms with van der Waals surface area (Å²) in [5.74, 6) is 0. The zero-order valence-electron chi connectivity index (χ0n) is 5.86. The van der Waals surface area contributed by atoms with Gasteiger partial charge in [0, 0.05) is 5.56 Å². The molecule has 0 aliphatic carbocycles. The molecular formula is C8H7NS2. The van der Waals surface area contributed by atoms with Gasteiger partial charge in [0.1, 0.15) is 5.04 Å². The lowest BCUT2D eigenvalue weighted by Gasteiger charge is -1.95. The van der Waals surface area contributed by atoms with Gasteiger partial charge in [-0.05, 0) is 11.9 Å². The first kappa shape index (κ1) is 7.25. The van der Waals surface area contributed by atoms with Crippen LogP contribution in [0.5, 0.6) is 0 Å². The van der Waals surface area contributed by atoms with E-state index in [9.17, 15) is 0 Å². The zero-order chi connectivity index (χ0) is 7.52. The van der Waals surface area contributed by atoms with Crippen LogP contribution in [0.1, 0.15) is 5.56 Å². The minimum atomic E-state index is 1.06. The second-order valence-corrected chi connectivity index (χ2v) is 4.21. The van der Waals surface area contributed by atoms with Crippen LogP contribution in [-0.4, -0.2) is 10.1 Å². The SMILES string of the molecule is c1ccc(C2=NSCS2)cc1. The van der Waals surface area contributed by atoms with Crippen molar-refractivity contribution in [1.82, 2.24) is 0 Å². The van der Waals surface area contributed by atoms with Gasteiger partial charge in [0.25, 0.3) is 0 Å². The summed E-state index contributed by atoms with van der Waals surface area (Å²) in [6, 6.07) is 10.3. The average Bonchev–Trinajstić information content (AvgIpc) is 2.58. The van der Waals surface area contributed by atoms with Crippen LogP contribution in [0.2, 0.25) is 0 Å². The van der Waals surface area contributed by atoms with Crippen molar-refractivity contribution in [3.8, 4) is 0 Å². The molecule has 1 nitrogen and oxygen atoms in total. The van der Waals surface area contributed by atoms with E-state index in [4.69, 9.17) is 0 Å². The van der Waals surface area contributed by atoms with Crippen LogP contribution in [-0.2, 0) is 0 Å². The normalized spacial score (nSPS) is 16.5. The standard InChI is InChI=1S/C8H7NS2/c1-2-4-7(5-3-1)8-9-11-6-10-8/h1-5H,6H2. The van der Waals surface area contributed by atoms with Crippen LogP contribution in [0.15, 0.2) is 34.7 Å². The highest BCUT2D eigenvalue weighted by molar-refractivity contribution is 8.27. The Labute approximate surface area is 74.4 Å². The molecule has 0 spiro atoms. The van der Waals surface area contributed by atoms with Crippen molar-refractivity contribution in [3.63, 3.8) is 0 Å². The van der Waals surface area contributed by atoms with E-state index in [1.54, 1.807) is 11.9 Å². The highest BCUT2D eigenvalue weighted by Gasteiger charge is 2.08. The second-order valence-electron chi connectivity index (χ2n) is 2.15. The predicted molar refractivity (Wildman–Crippen MR) is 53.0 cm³/mol. The summed E-state index contributed by atoms with van der Waals surface area (Å²) in [5, 5.41) is 2.22. The molecule has 0 saturated heterocycles. The van der Waals surface area contributed by atoms with Crippen molar-refractivity contribution in [2.45, 2.75) is 0 Å². The van der Waals surface area contributed by atoms with E-state index in [1.807, 2.05) is 30.0 Å². The summed E-state index contributed by atoms with van der Waals surface area (Å²) in [7, 11) is 0. The van der Waals surface area contributed by atoms with E-state index in [1.165, 1.54) is 5.56 Å². The van der Waals surface area contributed by atoms with Gasteiger partial charge in [0.15, 0.2) is 0 Å². The van der Waals surface area contributed by atoms with Crippen molar-refractivity contribution in [2.75, 3.05) is 5.08 Å². The number of thioether (sulfide) groups is 1. The number of rotatable bonds is 1. The van der Waals surface area contributed by atoms with Crippen molar-refractivity contribution in [1.29, 1.82) is 0 Å². The van der Waals surface area contributed by atoms with Crippen LogP contribution in [0, 0.1) is 0 Å². The Morgan fingerprint density at radius 2 is 2.00 bits per heavy atom. The number of nitrogens with zero attached hydrogens (tertiary/aromatic N) is 1. The zero-order valence-corrected chi connectivity index (χ0v) is 7.49. The first-order valence-corrected chi connectivity index (χ1v) is 5.28. The van der Waals surface area contributed by atoms with E-state index < -0.39 is 0 Å². The van der Waals surface area contributed by atoms with Gasteiger partial charge in [-0.15, -0.1) is 0 Å². The molecule has 0 unspecified atom stereocenters. The van der Waals surface area contributed by atoms with Crippen LogP contribution in [0.4, 0.5) is 0 Å². The van der Waals surface area contributed by atoms with Crippen molar-refractivity contribution < 1.29 is 0 Å². The van der Waals surface area contributed by atoms with E-state index in [-0.39, 0.29) is 0 Å². The number of hydrogen-bond donors (Lipinski definition) is 0. The fraction of sp³-hybridized carbons (Fsp3) is 0.125. The molecule has 1 heterocycles. The third-order valence-corrected chi connectivity index (χ3v) is 3.34. The van der Waals surface area contributed by atoms with Crippen LogP contribution >= 0.6 is 23.7 Å². The first-order valence-electron chi connectivity index (χ1n) is 3.35. The van der Waals surface area contributed by atoms with Gasteiger partial charge in [-0.3, -0.25) is 0 Å². The third kappa shape index (κ3) is 1.60. The minimum Gasteiger partial charge on any atom is -0.208 e. The molecule has 1 aromatic rings. The molecule has 0 amide bonds. The highest BCUT2D eigenvalue weighted by atomic mass is 32.2. The van der Waals surface area contributed by atoms with Gasteiger partial charge in [0.05, 0.1) is 5.08 Å². The molecular weight excluding hydrogens is 174 g/mol. The smallest absolute Gasteiger partial charge is 0.112 e. The van der Waals surface area contributed by atoms with Crippen molar-refractivity contribution >= 4 is 28.8 Å². The molecule has 11 heavy (non-hydrogen) atoms. The molecule has 0 N–H and O–H groups in total. The molecule has 3 heteroatoms. The molecule has 1 aliphatic heterocycles. The largest absolute Gasteiger partial charge is 0.208 e. The summed E-state index contributed by atoms with van der Waals surface area (Å²) < 4.78 is 4.30. The Morgan fingerprint density at radius 1 is 1.18 bits per heavy atom. The molecule has 0 bridgehead atoms. The number of hydrogen-bond acceptors (Lipinski definition) is 3. The average molecular weight is 181 g/mol. The molecule has 0 atom stereocenters. The molecule has 0 radical (unpaired) electrons. The Kier molecular flexibility index (Phi) is 2.19. The molecule has 56 valence electrons. The summed E-state index contributed by atoms with van der Waals surface area (Å²) in [6.45, 7) is 0. The van der Waals surface area contributed by atoms with Gasteiger partial charge in [-0.2, -0.15) is 0 Å². The lowest BCUT2D eigenvalue weighted by atomic mass is 10.2. The topological polar surface area (TPSA) is 12.4 Å². The quantitative estimate of drug-likeness (QED) is 0.618. The molecule has 0 saturated carbocycles. The van der Waals surface area contributed by atoms with Gasteiger partial charge in [0.2, 0.25) is 0 Å². The third-order valence-electron chi connectivity index (χ3n) is 1.42. The van der Waals surface area contributed by atoms with Gasteiger partial charge in [-0.25, -0.2) is 4.40 Å². The minimum absolute atomic E-state index is 1.06. The monoisotopic (exact) mass is 181 g/mol. The Balaban J connectivity index is 2.29. The highest BCUT2D eigenvalue weighted by Crippen LogP contribution is 2.28. The maximum Gasteiger partial charge on any atom is 0.112 e. The summed E-state index contributed by atoms with van der Waals surface area (Å²) >= 11 is 3.44. The summed E-state index contributed by atoms with van der Waals surface area (Å²) in [4.78, 5) is 0. The predicted octanol–water partition coefficient (Wildman–Crippen LogP) is 2.79. The lowest BCUT2D eigenvalue weighted by Crippen LogP contribution is -1.89. The maximum absolute atomic E-state index is 4.30. The Bertz CT molecular complexity index is 269. The molecule has 1 aromatic carbocycles. The lowest BCUT2D eigenvalue weighted by molar-refractivity contribution is 1.67. The van der Waals surface area contributed by atoms with E-state index in [2.05, 4.69) is 16.5 Å². The van der Waals surface area contributed by atoms with Crippen molar-refractivity contribution in [3.05, 3.63) is 35.9 Å². The van der Waals surface area contributed by atoms with Crippen LogP contribution < -0.4 is 0 Å². The first-order chi connectivity index (χ1) is 5.47.